The van der Waals surface area contributed by atoms with Gasteiger partial charge in [0.2, 0.25) is 5.95 Å². The van der Waals surface area contributed by atoms with Crippen molar-refractivity contribution >= 4 is 11.6 Å². The summed E-state index contributed by atoms with van der Waals surface area (Å²) in [6, 6.07) is 4.92. The van der Waals surface area contributed by atoms with Crippen LogP contribution in [0.2, 0.25) is 0 Å². The predicted octanol–water partition coefficient (Wildman–Crippen LogP) is 2.47. The van der Waals surface area contributed by atoms with Crippen molar-refractivity contribution in [3.63, 3.8) is 0 Å². The Bertz CT molecular complexity index is 725. The number of anilines is 1. The average Bonchev–Trinajstić information content (AvgIpc) is 2.39. The first-order chi connectivity index (χ1) is 9.38. The Balaban J connectivity index is 2.31. The molecule has 6 nitrogen and oxygen atoms in total. The fourth-order valence-corrected chi connectivity index (χ4v) is 2.79. The summed E-state index contributed by atoms with van der Waals surface area (Å²) in [7, 11) is 0. The van der Waals surface area contributed by atoms with Crippen LogP contribution in [-0.4, -0.2) is 14.9 Å². The average molecular weight is 270 g/mol. The molecule has 0 saturated heterocycles. The zero-order valence-corrected chi connectivity index (χ0v) is 11.3. The van der Waals surface area contributed by atoms with Gasteiger partial charge in [0.15, 0.2) is 0 Å². The van der Waals surface area contributed by atoms with Crippen molar-refractivity contribution in [3.8, 4) is 11.3 Å². The third-order valence-corrected chi connectivity index (χ3v) is 3.71. The number of non-ortho nitro benzene ring substituents is 1. The maximum Gasteiger partial charge on any atom is 0.270 e. The minimum absolute atomic E-state index is 0.0598. The molecule has 0 saturated carbocycles. The summed E-state index contributed by atoms with van der Waals surface area (Å²) < 4.78 is 0. The van der Waals surface area contributed by atoms with Gasteiger partial charge in [-0.3, -0.25) is 10.1 Å². The molecule has 1 aliphatic carbocycles. The number of nitrogen functional groups attached to an aromatic ring is 1. The summed E-state index contributed by atoms with van der Waals surface area (Å²) in [5.74, 6) is 0.181. The van der Waals surface area contributed by atoms with E-state index in [0.29, 0.717) is 5.69 Å². The summed E-state index contributed by atoms with van der Waals surface area (Å²) in [5, 5.41) is 11.0. The van der Waals surface area contributed by atoms with Gasteiger partial charge in [-0.05, 0) is 23.0 Å². The van der Waals surface area contributed by atoms with Crippen LogP contribution >= 0.6 is 0 Å². The Kier molecular flexibility index (Phi) is 2.50. The topological polar surface area (TPSA) is 94.9 Å². The van der Waals surface area contributed by atoms with Gasteiger partial charge in [-0.2, -0.15) is 0 Å². The zero-order valence-electron chi connectivity index (χ0n) is 11.3. The summed E-state index contributed by atoms with van der Waals surface area (Å²) in [4.78, 5) is 18.9. The first kappa shape index (κ1) is 12.5. The number of hydrogen-bond acceptors (Lipinski definition) is 5. The summed E-state index contributed by atoms with van der Waals surface area (Å²) in [6.07, 6.45) is 2.49. The van der Waals surface area contributed by atoms with E-state index in [9.17, 15) is 10.1 Å². The predicted molar refractivity (Wildman–Crippen MR) is 75.3 cm³/mol. The number of rotatable bonds is 1. The normalized spacial score (nSPS) is 15.3. The van der Waals surface area contributed by atoms with Crippen LogP contribution in [0.4, 0.5) is 11.6 Å². The third kappa shape index (κ3) is 1.80. The number of hydrogen-bond donors (Lipinski definition) is 1. The molecule has 0 atom stereocenters. The number of nitro groups is 1. The lowest BCUT2D eigenvalue weighted by molar-refractivity contribution is -0.384. The van der Waals surface area contributed by atoms with Crippen molar-refractivity contribution in [3.05, 3.63) is 45.6 Å². The Morgan fingerprint density at radius 1 is 1.40 bits per heavy atom. The molecule has 0 fully saturated rings. The van der Waals surface area contributed by atoms with Gasteiger partial charge in [0.1, 0.15) is 0 Å². The van der Waals surface area contributed by atoms with Crippen LogP contribution in [0.15, 0.2) is 24.4 Å². The van der Waals surface area contributed by atoms with Gasteiger partial charge in [-0.1, -0.05) is 19.9 Å². The van der Waals surface area contributed by atoms with E-state index >= 15 is 0 Å². The molecular formula is C14H14N4O2. The van der Waals surface area contributed by atoms with E-state index in [0.717, 1.165) is 23.1 Å². The second-order valence-corrected chi connectivity index (χ2v) is 5.65. The maximum atomic E-state index is 11.0. The number of nitrogens with two attached hydrogens (primary N) is 1. The van der Waals surface area contributed by atoms with Crippen molar-refractivity contribution in [2.75, 3.05) is 5.73 Å². The number of benzene rings is 1. The summed E-state index contributed by atoms with van der Waals surface area (Å²) >= 11 is 0. The van der Waals surface area contributed by atoms with E-state index < -0.39 is 4.92 Å². The van der Waals surface area contributed by atoms with Crippen molar-refractivity contribution in [1.29, 1.82) is 0 Å². The minimum Gasteiger partial charge on any atom is -0.368 e. The highest BCUT2D eigenvalue weighted by molar-refractivity contribution is 5.74. The molecule has 0 aliphatic heterocycles. The van der Waals surface area contributed by atoms with E-state index in [1.807, 2.05) is 6.07 Å². The highest BCUT2D eigenvalue weighted by Crippen LogP contribution is 2.43. The van der Waals surface area contributed by atoms with Gasteiger partial charge in [0, 0.05) is 23.9 Å². The van der Waals surface area contributed by atoms with Gasteiger partial charge in [0.05, 0.1) is 10.6 Å². The molecular weight excluding hydrogens is 256 g/mol. The van der Waals surface area contributed by atoms with Crippen LogP contribution in [0, 0.1) is 10.1 Å². The van der Waals surface area contributed by atoms with Crippen LogP contribution in [0.3, 0.4) is 0 Å². The summed E-state index contributed by atoms with van der Waals surface area (Å²) in [5.41, 5.74) is 9.09. The fourth-order valence-electron chi connectivity index (χ4n) is 2.79. The molecule has 0 unspecified atom stereocenters. The molecule has 1 aromatic heterocycles. The Morgan fingerprint density at radius 3 is 2.85 bits per heavy atom. The SMILES string of the molecule is CC1(C)Cc2cnc(N)nc2-c2cc([N+](=O)[O-])ccc21. The maximum absolute atomic E-state index is 11.0. The molecule has 3 rings (SSSR count). The second kappa shape index (κ2) is 4.00. The van der Waals surface area contributed by atoms with Crippen LogP contribution in [-0.2, 0) is 11.8 Å². The van der Waals surface area contributed by atoms with Gasteiger partial charge < -0.3 is 5.73 Å². The number of nitrogens with zero attached hydrogens (tertiary/aromatic N) is 3. The van der Waals surface area contributed by atoms with Gasteiger partial charge in [-0.25, -0.2) is 9.97 Å². The second-order valence-electron chi connectivity index (χ2n) is 5.65. The lowest BCUT2D eigenvalue weighted by Gasteiger charge is -2.33. The number of aromatic nitrogens is 2. The molecule has 20 heavy (non-hydrogen) atoms. The molecule has 1 aromatic carbocycles. The molecule has 2 N–H and O–H groups in total. The highest BCUT2D eigenvalue weighted by Gasteiger charge is 2.33. The number of nitro benzene ring substituents is 1. The van der Waals surface area contributed by atoms with E-state index in [-0.39, 0.29) is 17.1 Å². The molecule has 1 aliphatic rings. The highest BCUT2D eigenvalue weighted by atomic mass is 16.6. The molecule has 0 spiro atoms. The van der Waals surface area contributed by atoms with Gasteiger partial charge in [-0.15, -0.1) is 0 Å². The molecule has 0 amide bonds. The molecule has 1 heterocycles. The quantitative estimate of drug-likeness (QED) is 0.634. The molecule has 0 radical (unpaired) electrons. The van der Waals surface area contributed by atoms with Gasteiger partial charge >= 0.3 is 0 Å². The third-order valence-electron chi connectivity index (χ3n) is 3.71. The zero-order chi connectivity index (χ0) is 14.5. The molecule has 2 aromatic rings. The van der Waals surface area contributed by atoms with Crippen LogP contribution in [0.25, 0.3) is 11.3 Å². The lowest BCUT2D eigenvalue weighted by Crippen LogP contribution is -2.26. The van der Waals surface area contributed by atoms with Crippen molar-refractivity contribution < 1.29 is 4.92 Å². The largest absolute Gasteiger partial charge is 0.368 e. The van der Waals surface area contributed by atoms with E-state index in [4.69, 9.17) is 5.73 Å². The standard InChI is InChI=1S/C14H14N4O2/c1-14(2)6-8-7-16-13(15)17-12(8)10-5-9(18(19)20)3-4-11(10)14/h3-5,7H,6H2,1-2H3,(H2,15,16,17). The monoisotopic (exact) mass is 270 g/mol. The van der Waals surface area contributed by atoms with Crippen molar-refractivity contribution in [2.24, 2.45) is 0 Å². The van der Waals surface area contributed by atoms with Crippen LogP contribution < -0.4 is 5.73 Å². The van der Waals surface area contributed by atoms with Crippen LogP contribution in [0.1, 0.15) is 25.0 Å². The molecule has 0 bridgehead atoms. The smallest absolute Gasteiger partial charge is 0.270 e. The first-order valence-electron chi connectivity index (χ1n) is 6.29. The number of fused-ring (bicyclic) bond motifs is 3. The molecule has 102 valence electrons. The van der Waals surface area contributed by atoms with Gasteiger partial charge in [0.25, 0.3) is 5.69 Å². The Labute approximate surface area is 115 Å². The van der Waals surface area contributed by atoms with Crippen molar-refractivity contribution in [1.82, 2.24) is 9.97 Å². The first-order valence-corrected chi connectivity index (χ1v) is 6.29. The Morgan fingerprint density at radius 2 is 2.15 bits per heavy atom. The minimum atomic E-state index is -0.397. The fraction of sp³-hybridized carbons (Fsp3) is 0.286. The van der Waals surface area contributed by atoms with Crippen molar-refractivity contribution in [2.45, 2.75) is 25.7 Å². The van der Waals surface area contributed by atoms with E-state index in [1.165, 1.54) is 6.07 Å². The van der Waals surface area contributed by atoms with E-state index in [2.05, 4.69) is 23.8 Å². The summed E-state index contributed by atoms with van der Waals surface area (Å²) in [6.45, 7) is 4.22. The lowest BCUT2D eigenvalue weighted by atomic mass is 9.72. The molecule has 6 heteroatoms. The Hall–Kier alpha value is -2.50. The van der Waals surface area contributed by atoms with Crippen LogP contribution in [0.5, 0.6) is 0 Å². The van der Waals surface area contributed by atoms with E-state index in [1.54, 1.807) is 12.3 Å².